The van der Waals surface area contributed by atoms with E-state index >= 15 is 0 Å². The molecule has 0 aromatic heterocycles. The van der Waals surface area contributed by atoms with Gasteiger partial charge in [0.05, 0.1) is 0 Å². The minimum atomic E-state index is 0.356. The quantitative estimate of drug-likeness (QED) is 0.876. The van der Waals surface area contributed by atoms with Crippen LogP contribution in [-0.2, 0) is 0 Å². The van der Waals surface area contributed by atoms with Crippen molar-refractivity contribution in [1.82, 2.24) is 5.32 Å². The first-order chi connectivity index (χ1) is 8.38. The van der Waals surface area contributed by atoms with Gasteiger partial charge in [0.25, 0.3) is 0 Å². The van der Waals surface area contributed by atoms with E-state index < -0.39 is 0 Å². The van der Waals surface area contributed by atoms with Crippen LogP contribution in [0.3, 0.4) is 0 Å². The predicted molar refractivity (Wildman–Crippen MR) is 84.3 cm³/mol. The molecule has 0 saturated carbocycles. The normalized spacial score (nSPS) is 14.7. The maximum atomic E-state index is 3.57. The first-order valence-electron chi connectivity index (χ1n) is 6.58. The minimum Gasteiger partial charge on any atom is -0.371 e. The second kappa shape index (κ2) is 6.58. The van der Waals surface area contributed by atoms with Crippen LogP contribution in [0.4, 0.5) is 5.69 Å². The lowest BCUT2D eigenvalue weighted by atomic mass is 10.0. The topological polar surface area (TPSA) is 15.3 Å². The number of nitrogens with zero attached hydrogens (tertiary/aromatic N) is 1. The van der Waals surface area contributed by atoms with E-state index in [0.29, 0.717) is 18.0 Å². The van der Waals surface area contributed by atoms with Crippen molar-refractivity contribution in [2.24, 2.45) is 5.92 Å². The van der Waals surface area contributed by atoms with Gasteiger partial charge in [-0.15, -0.1) is 0 Å². The molecule has 0 aliphatic carbocycles. The lowest BCUT2D eigenvalue weighted by Crippen LogP contribution is -2.34. The Morgan fingerprint density at radius 3 is 2.28 bits per heavy atom. The molecule has 0 spiro atoms. The van der Waals surface area contributed by atoms with E-state index in [9.17, 15) is 0 Å². The molecule has 2 unspecified atom stereocenters. The molecule has 0 aliphatic rings. The highest BCUT2D eigenvalue weighted by atomic mass is 79.9. The summed E-state index contributed by atoms with van der Waals surface area (Å²) >= 11 is 3.57. The lowest BCUT2D eigenvalue weighted by Gasteiger charge is -2.33. The SMILES string of the molecule is CNC(C)c1ccc(Br)cc1N(C)C(C)C(C)C. The summed E-state index contributed by atoms with van der Waals surface area (Å²) in [5, 5.41) is 3.32. The van der Waals surface area contributed by atoms with Crippen LogP contribution in [0.15, 0.2) is 22.7 Å². The molecule has 0 amide bonds. The molecule has 0 aliphatic heterocycles. The number of halogens is 1. The number of nitrogens with one attached hydrogen (secondary N) is 1. The number of benzene rings is 1. The highest BCUT2D eigenvalue weighted by Crippen LogP contribution is 2.31. The van der Waals surface area contributed by atoms with Gasteiger partial charge in [-0.1, -0.05) is 35.8 Å². The van der Waals surface area contributed by atoms with Crippen LogP contribution in [0.2, 0.25) is 0 Å². The molecule has 0 saturated heterocycles. The molecule has 1 N–H and O–H groups in total. The first-order valence-corrected chi connectivity index (χ1v) is 7.37. The van der Waals surface area contributed by atoms with Crippen molar-refractivity contribution in [1.29, 1.82) is 0 Å². The van der Waals surface area contributed by atoms with Gasteiger partial charge < -0.3 is 10.2 Å². The van der Waals surface area contributed by atoms with Gasteiger partial charge in [0.1, 0.15) is 0 Å². The summed E-state index contributed by atoms with van der Waals surface area (Å²) < 4.78 is 1.13. The molecule has 2 nitrogen and oxygen atoms in total. The molecule has 1 aromatic carbocycles. The van der Waals surface area contributed by atoms with Crippen molar-refractivity contribution in [3.8, 4) is 0 Å². The summed E-state index contributed by atoms with van der Waals surface area (Å²) in [5.41, 5.74) is 2.64. The molecule has 102 valence electrons. The average Bonchev–Trinajstić information content (AvgIpc) is 2.35. The molecular formula is C15H25BrN2. The lowest BCUT2D eigenvalue weighted by molar-refractivity contribution is 0.503. The van der Waals surface area contributed by atoms with Crippen LogP contribution in [0.5, 0.6) is 0 Å². The molecule has 3 heteroatoms. The summed E-state index contributed by atoms with van der Waals surface area (Å²) in [5.74, 6) is 0.631. The third-order valence-electron chi connectivity index (χ3n) is 3.85. The van der Waals surface area contributed by atoms with E-state index in [0.717, 1.165) is 4.47 Å². The smallest absolute Gasteiger partial charge is 0.0425 e. The van der Waals surface area contributed by atoms with Gasteiger partial charge in [-0.2, -0.15) is 0 Å². The molecule has 18 heavy (non-hydrogen) atoms. The van der Waals surface area contributed by atoms with Gasteiger partial charge in [0.2, 0.25) is 0 Å². The van der Waals surface area contributed by atoms with Gasteiger partial charge >= 0.3 is 0 Å². The zero-order valence-corrected chi connectivity index (χ0v) is 13.9. The Bertz CT molecular complexity index is 390. The Morgan fingerprint density at radius 2 is 1.78 bits per heavy atom. The van der Waals surface area contributed by atoms with E-state index in [1.165, 1.54) is 11.3 Å². The van der Waals surface area contributed by atoms with Crippen LogP contribution in [0, 0.1) is 5.92 Å². The number of hydrogen-bond donors (Lipinski definition) is 1. The second-order valence-corrected chi connectivity index (χ2v) is 6.22. The van der Waals surface area contributed by atoms with Crippen LogP contribution >= 0.6 is 15.9 Å². The summed E-state index contributed by atoms with van der Waals surface area (Å²) in [4.78, 5) is 2.37. The third kappa shape index (κ3) is 3.48. The van der Waals surface area contributed by atoms with Crippen molar-refractivity contribution in [3.63, 3.8) is 0 Å². The second-order valence-electron chi connectivity index (χ2n) is 5.31. The Balaban J connectivity index is 3.16. The van der Waals surface area contributed by atoms with Crippen molar-refractivity contribution in [2.75, 3.05) is 19.0 Å². The molecule has 1 rings (SSSR count). The molecule has 0 radical (unpaired) electrons. The Kier molecular flexibility index (Phi) is 5.67. The van der Waals surface area contributed by atoms with Gasteiger partial charge in [-0.3, -0.25) is 0 Å². The maximum absolute atomic E-state index is 3.57. The van der Waals surface area contributed by atoms with E-state index in [2.05, 4.69) is 79.1 Å². The Morgan fingerprint density at radius 1 is 1.17 bits per heavy atom. The van der Waals surface area contributed by atoms with Crippen molar-refractivity contribution in [3.05, 3.63) is 28.2 Å². The zero-order valence-electron chi connectivity index (χ0n) is 12.3. The van der Waals surface area contributed by atoms with E-state index in [4.69, 9.17) is 0 Å². The standard InChI is InChI=1S/C15H25BrN2/c1-10(2)12(4)18(6)15-9-13(16)7-8-14(15)11(3)17-5/h7-12,17H,1-6H3. The fraction of sp³-hybridized carbons (Fsp3) is 0.600. The highest BCUT2D eigenvalue weighted by molar-refractivity contribution is 9.10. The maximum Gasteiger partial charge on any atom is 0.0425 e. The molecule has 0 bridgehead atoms. The van der Waals surface area contributed by atoms with Gasteiger partial charge in [-0.25, -0.2) is 0 Å². The summed E-state index contributed by atoms with van der Waals surface area (Å²) in [6.45, 7) is 9.00. The number of anilines is 1. The van der Waals surface area contributed by atoms with Gasteiger partial charge in [0, 0.05) is 29.3 Å². The van der Waals surface area contributed by atoms with Crippen LogP contribution in [0.1, 0.15) is 39.3 Å². The van der Waals surface area contributed by atoms with E-state index in [1.807, 2.05) is 7.05 Å². The van der Waals surface area contributed by atoms with E-state index in [1.54, 1.807) is 0 Å². The summed E-state index contributed by atoms with van der Waals surface area (Å²) in [6.07, 6.45) is 0. The Hall–Kier alpha value is -0.540. The van der Waals surface area contributed by atoms with Crippen LogP contribution < -0.4 is 10.2 Å². The fourth-order valence-electron chi connectivity index (χ4n) is 2.01. The minimum absolute atomic E-state index is 0.356. The zero-order chi connectivity index (χ0) is 13.9. The van der Waals surface area contributed by atoms with Gasteiger partial charge in [0.15, 0.2) is 0 Å². The molecule has 2 atom stereocenters. The average molecular weight is 313 g/mol. The fourth-order valence-corrected chi connectivity index (χ4v) is 2.36. The largest absolute Gasteiger partial charge is 0.371 e. The summed E-state index contributed by atoms with van der Waals surface area (Å²) in [7, 11) is 4.18. The number of hydrogen-bond acceptors (Lipinski definition) is 2. The van der Waals surface area contributed by atoms with Crippen LogP contribution in [-0.4, -0.2) is 20.1 Å². The summed E-state index contributed by atoms with van der Waals surface area (Å²) in [6, 6.07) is 7.39. The van der Waals surface area contributed by atoms with Crippen molar-refractivity contribution < 1.29 is 0 Å². The first kappa shape index (κ1) is 15.5. The van der Waals surface area contributed by atoms with Crippen LogP contribution in [0.25, 0.3) is 0 Å². The predicted octanol–water partition coefficient (Wildman–Crippen LogP) is 4.21. The monoisotopic (exact) mass is 312 g/mol. The molecular weight excluding hydrogens is 288 g/mol. The molecule has 1 aromatic rings. The van der Waals surface area contributed by atoms with Crippen molar-refractivity contribution >= 4 is 21.6 Å². The van der Waals surface area contributed by atoms with E-state index in [-0.39, 0.29) is 0 Å². The highest BCUT2D eigenvalue weighted by Gasteiger charge is 2.18. The third-order valence-corrected chi connectivity index (χ3v) is 4.34. The molecule has 0 fully saturated rings. The Labute approximate surface area is 120 Å². The van der Waals surface area contributed by atoms with Crippen molar-refractivity contribution in [2.45, 2.75) is 39.8 Å². The van der Waals surface area contributed by atoms with Gasteiger partial charge in [-0.05, 0) is 44.5 Å². The molecule has 0 heterocycles. The number of rotatable bonds is 5.